The molecule has 3 aromatic rings. The smallest absolute Gasteiger partial charge is 0.116 e. The van der Waals surface area contributed by atoms with Gasteiger partial charge in [0, 0.05) is 0 Å². The average Bonchev–Trinajstić information content (AvgIpc) is 3.01. The van der Waals surface area contributed by atoms with Crippen LogP contribution in [0.1, 0.15) is 40.3 Å². The van der Waals surface area contributed by atoms with Gasteiger partial charge in [0.1, 0.15) is 11.5 Å². The monoisotopic (exact) mass is 342 g/mol. The van der Waals surface area contributed by atoms with E-state index in [4.69, 9.17) is 0 Å². The Hall–Kier alpha value is -3.00. The summed E-state index contributed by atoms with van der Waals surface area (Å²) >= 11 is 0. The van der Waals surface area contributed by atoms with E-state index in [0.717, 1.165) is 29.5 Å². The van der Waals surface area contributed by atoms with Crippen molar-refractivity contribution in [2.24, 2.45) is 0 Å². The molecule has 130 valence electrons. The fraction of sp³-hybridized carbons (Fsp3) is 0.167. The van der Waals surface area contributed by atoms with Gasteiger partial charge in [0.15, 0.2) is 0 Å². The van der Waals surface area contributed by atoms with Gasteiger partial charge in [-0.2, -0.15) is 0 Å². The van der Waals surface area contributed by atoms with Crippen LogP contribution in [-0.2, 0) is 12.8 Å². The number of hydrogen-bond acceptors (Lipinski definition) is 2. The molecule has 0 saturated heterocycles. The van der Waals surface area contributed by atoms with E-state index in [-0.39, 0.29) is 5.75 Å². The second kappa shape index (κ2) is 6.38. The Kier molecular flexibility index (Phi) is 4.04. The zero-order valence-corrected chi connectivity index (χ0v) is 15.1. The minimum Gasteiger partial charge on any atom is -0.508 e. The number of phenols is 2. The van der Waals surface area contributed by atoms with Crippen LogP contribution in [0.2, 0.25) is 0 Å². The summed E-state index contributed by atoms with van der Waals surface area (Å²) in [4.78, 5) is 0. The number of fused-ring (bicyclic) bond motifs is 1. The zero-order chi connectivity index (χ0) is 18.3. The number of allylic oxidation sites excluding steroid dienone is 1. The minimum absolute atomic E-state index is 0.272. The number of aryl methyl sites for hydroxylation is 2. The van der Waals surface area contributed by atoms with Crippen LogP contribution >= 0.6 is 0 Å². The molecular formula is C24H22O2. The Labute approximate surface area is 154 Å². The highest BCUT2D eigenvalue weighted by Crippen LogP contribution is 2.45. The van der Waals surface area contributed by atoms with Gasteiger partial charge in [-0.1, -0.05) is 43.3 Å². The molecule has 0 radical (unpaired) electrons. The van der Waals surface area contributed by atoms with Gasteiger partial charge in [0.2, 0.25) is 0 Å². The molecule has 0 spiro atoms. The fourth-order valence-corrected chi connectivity index (χ4v) is 3.97. The van der Waals surface area contributed by atoms with Gasteiger partial charge in [0.25, 0.3) is 0 Å². The van der Waals surface area contributed by atoms with E-state index in [1.807, 2.05) is 24.3 Å². The molecule has 1 aliphatic rings. The summed E-state index contributed by atoms with van der Waals surface area (Å²) < 4.78 is 0. The van der Waals surface area contributed by atoms with Gasteiger partial charge in [-0.25, -0.2) is 0 Å². The van der Waals surface area contributed by atoms with Gasteiger partial charge in [-0.05, 0) is 88.6 Å². The van der Waals surface area contributed by atoms with Gasteiger partial charge >= 0.3 is 0 Å². The molecule has 0 aliphatic heterocycles. The van der Waals surface area contributed by atoms with Gasteiger partial charge in [-0.15, -0.1) is 0 Å². The van der Waals surface area contributed by atoms with Gasteiger partial charge in [-0.3, -0.25) is 0 Å². The van der Waals surface area contributed by atoms with E-state index in [2.05, 4.69) is 38.1 Å². The van der Waals surface area contributed by atoms with Crippen molar-refractivity contribution in [1.29, 1.82) is 0 Å². The Balaban J connectivity index is 2.02. The first-order chi connectivity index (χ1) is 12.6. The lowest BCUT2D eigenvalue weighted by Gasteiger charge is -2.14. The number of benzene rings is 3. The number of aromatic hydroxyl groups is 2. The molecule has 3 aromatic carbocycles. The molecule has 0 atom stereocenters. The van der Waals surface area contributed by atoms with Crippen LogP contribution in [0.25, 0.3) is 11.1 Å². The van der Waals surface area contributed by atoms with Crippen molar-refractivity contribution in [3.8, 4) is 11.5 Å². The van der Waals surface area contributed by atoms with E-state index in [9.17, 15) is 10.2 Å². The van der Waals surface area contributed by atoms with E-state index in [1.54, 1.807) is 12.1 Å². The molecule has 2 heteroatoms. The minimum atomic E-state index is 0.272. The quantitative estimate of drug-likeness (QED) is 0.661. The summed E-state index contributed by atoms with van der Waals surface area (Å²) in [6, 6.07) is 19.6. The molecule has 0 bridgehead atoms. The molecule has 0 heterocycles. The first-order valence-electron chi connectivity index (χ1n) is 9.02. The second-order valence-electron chi connectivity index (χ2n) is 6.88. The van der Waals surface area contributed by atoms with Crippen molar-refractivity contribution in [3.05, 3.63) is 94.0 Å². The van der Waals surface area contributed by atoms with E-state index in [0.29, 0.717) is 5.75 Å². The summed E-state index contributed by atoms with van der Waals surface area (Å²) in [6.07, 6.45) is 1.79. The molecule has 4 rings (SSSR count). The van der Waals surface area contributed by atoms with Crippen LogP contribution in [0.3, 0.4) is 0 Å². The Morgan fingerprint density at radius 1 is 0.846 bits per heavy atom. The summed E-state index contributed by atoms with van der Waals surface area (Å²) in [6.45, 7) is 4.23. The molecule has 0 saturated carbocycles. The second-order valence-corrected chi connectivity index (χ2v) is 6.88. The van der Waals surface area contributed by atoms with Crippen molar-refractivity contribution in [1.82, 2.24) is 0 Å². The molecule has 26 heavy (non-hydrogen) atoms. The molecule has 0 amide bonds. The van der Waals surface area contributed by atoms with E-state index < -0.39 is 0 Å². The summed E-state index contributed by atoms with van der Waals surface area (Å²) in [5, 5.41) is 19.9. The van der Waals surface area contributed by atoms with Crippen LogP contribution in [0.4, 0.5) is 0 Å². The topological polar surface area (TPSA) is 40.5 Å². The highest BCUT2D eigenvalue weighted by atomic mass is 16.3. The molecular weight excluding hydrogens is 320 g/mol. The first kappa shape index (κ1) is 16.5. The number of rotatable bonds is 3. The maximum atomic E-state index is 10.2. The number of phenolic OH excluding ortho intramolecular Hbond substituents is 2. The van der Waals surface area contributed by atoms with Crippen LogP contribution < -0.4 is 0 Å². The first-order valence-corrected chi connectivity index (χ1v) is 9.02. The van der Waals surface area contributed by atoms with Gasteiger partial charge in [0.05, 0.1) is 0 Å². The summed E-state index contributed by atoms with van der Waals surface area (Å²) in [5.41, 5.74) is 9.57. The Bertz CT molecular complexity index is 1010. The van der Waals surface area contributed by atoms with Crippen molar-refractivity contribution in [2.45, 2.75) is 26.7 Å². The van der Waals surface area contributed by atoms with Crippen molar-refractivity contribution < 1.29 is 10.2 Å². The largest absolute Gasteiger partial charge is 0.508 e. The highest BCUT2D eigenvalue weighted by molar-refractivity contribution is 6.04. The Morgan fingerprint density at radius 2 is 1.58 bits per heavy atom. The predicted octanol–water partition coefficient (Wildman–Crippen LogP) is 5.48. The van der Waals surface area contributed by atoms with Gasteiger partial charge < -0.3 is 10.2 Å². The summed E-state index contributed by atoms with van der Waals surface area (Å²) in [5.74, 6) is 0.578. The molecule has 0 fully saturated rings. The van der Waals surface area contributed by atoms with Crippen LogP contribution in [0.15, 0.2) is 60.7 Å². The lowest BCUT2D eigenvalue weighted by atomic mass is 9.90. The molecule has 2 nitrogen and oxygen atoms in total. The highest BCUT2D eigenvalue weighted by Gasteiger charge is 2.26. The van der Waals surface area contributed by atoms with Crippen LogP contribution in [0.5, 0.6) is 11.5 Å². The van der Waals surface area contributed by atoms with E-state index in [1.165, 1.54) is 27.8 Å². The molecule has 0 unspecified atom stereocenters. The number of hydrogen-bond donors (Lipinski definition) is 2. The van der Waals surface area contributed by atoms with Crippen molar-refractivity contribution in [2.75, 3.05) is 0 Å². The SMILES string of the molecule is CCc1ccccc1C1=C(c2ccc(O)cc2)Cc2c(C)cc(O)cc21. The zero-order valence-electron chi connectivity index (χ0n) is 15.1. The lowest BCUT2D eigenvalue weighted by Crippen LogP contribution is -1.95. The van der Waals surface area contributed by atoms with E-state index >= 15 is 0 Å². The summed E-state index contributed by atoms with van der Waals surface area (Å²) in [7, 11) is 0. The normalized spacial score (nSPS) is 13.2. The fourth-order valence-electron chi connectivity index (χ4n) is 3.97. The maximum absolute atomic E-state index is 10.2. The third-order valence-electron chi connectivity index (χ3n) is 5.27. The molecule has 1 aliphatic carbocycles. The predicted molar refractivity (Wildman–Crippen MR) is 106 cm³/mol. The van der Waals surface area contributed by atoms with Crippen LogP contribution in [-0.4, -0.2) is 10.2 Å². The van der Waals surface area contributed by atoms with Crippen LogP contribution in [0, 0.1) is 6.92 Å². The lowest BCUT2D eigenvalue weighted by molar-refractivity contribution is 0.474. The maximum Gasteiger partial charge on any atom is 0.116 e. The average molecular weight is 342 g/mol. The molecule has 0 aromatic heterocycles. The Morgan fingerprint density at radius 3 is 2.31 bits per heavy atom. The van der Waals surface area contributed by atoms with Crippen molar-refractivity contribution in [3.63, 3.8) is 0 Å². The molecule has 2 N–H and O–H groups in total. The standard InChI is InChI=1S/C24H22O2/c1-3-16-6-4-5-7-20(16)24-22(17-8-10-18(25)11-9-17)14-21-15(2)12-19(26)13-23(21)24/h4-13,25-26H,3,14H2,1-2H3. The third kappa shape index (κ3) is 2.68. The van der Waals surface area contributed by atoms with Crippen molar-refractivity contribution >= 4 is 11.1 Å². The third-order valence-corrected chi connectivity index (χ3v) is 5.27.